The second kappa shape index (κ2) is 6.38. The van der Waals surface area contributed by atoms with E-state index in [2.05, 4.69) is 20.2 Å². The summed E-state index contributed by atoms with van der Waals surface area (Å²) < 4.78 is 0. The van der Waals surface area contributed by atoms with Gasteiger partial charge >= 0.3 is 0 Å². The maximum Gasteiger partial charge on any atom is 0.0708 e. The Labute approximate surface area is 139 Å². The monoisotopic (exact) mass is 310 g/mol. The van der Waals surface area contributed by atoms with Crippen LogP contribution < -0.4 is 0 Å². The standard InChI is InChI=1S/C20H14N4/c1-3-7-19-17(5-1)15(9-11-21-19)13-23-24-14-16-10-12-22-20-8-4-2-6-18(16)20/h1-14H/b23-13+,24-14+. The summed E-state index contributed by atoms with van der Waals surface area (Å²) in [6.45, 7) is 0. The molecule has 0 saturated heterocycles. The Kier molecular flexibility index (Phi) is 3.78. The Balaban J connectivity index is 1.64. The molecule has 0 N–H and O–H groups in total. The minimum atomic E-state index is 0.950. The number of benzene rings is 2. The highest BCUT2D eigenvalue weighted by atomic mass is 15.2. The van der Waals surface area contributed by atoms with E-state index in [9.17, 15) is 0 Å². The molecule has 0 amide bonds. The number of hydrogen-bond acceptors (Lipinski definition) is 4. The normalized spacial score (nSPS) is 11.8. The molecule has 4 nitrogen and oxygen atoms in total. The zero-order valence-electron chi connectivity index (χ0n) is 12.9. The zero-order chi connectivity index (χ0) is 16.2. The van der Waals surface area contributed by atoms with E-state index in [-0.39, 0.29) is 0 Å². The molecule has 0 unspecified atom stereocenters. The largest absolute Gasteiger partial charge is 0.256 e. The van der Waals surface area contributed by atoms with Crippen molar-refractivity contribution in [3.63, 3.8) is 0 Å². The molecule has 0 radical (unpaired) electrons. The predicted octanol–water partition coefficient (Wildman–Crippen LogP) is 4.24. The summed E-state index contributed by atoms with van der Waals surface area (Å²) in [5, 5.41) is 10.5. The van der Waals surface area contributed by atoms with Crippen molar-refractivity contribution >= 4 is 34.2 Å². The van der Waals surface area contributed by atoms with E-state index in [1.54, 1.807) is 24.8 Å². The third kappa shape index (κ3) is 2.77. The first-order chi connectivity index (χ1) is 11.9. The van der Waals surface area contributed by atoms with E-state index in [4.69, 9.17) is 0 Å². The van der Waals surface area contributed by atoms with Crippen molar-refractivity contribution < 1.29 is 0 Å². The lowest BCUT2D eigenvalue weighted by molar-refractivity contribution is 1.26. The van der Waals surface area contributed by atoms with Crippen molar-refractivity contribution in [1.82, 2.24) is 9.97 Å². The van der Waals surface area contributed by atoms with Gasteiger partial charge in [-0.15, -0.1) is 0 Å². The van der Waals surface area contributed by atoms with Gasteiger partial charge in [0.2, 0.25) is 0 Å². The van der Waals surface area contributed by atoms with Crippen LogP contribution >= 0.6 is 0 Å². The van der Waals surface area contributed by atoms with Gasteiger partial charge in [-0.05, 0) is 24.3 Å². The van der Waals surface area contributed by atoms with Gasteiger partial charge in [-0.3, -0.25) is 9.97 Å². The van der Waals surface area contributed by atoms with E-state index in [1.165, 1.54) is 0 Å². The van der Waals surface area contributed by atoms with E-state index >= 15 is 0 Å². The molecule has 4 heteroatoms. The number of pyridine rings is 2. The summed E-state index contributed by atoms with van der Waals surface area (Å²) >= 11 is 0. The van der Waals surface area contributed by atoms with Crippen LogP contribution in [0, 0.1) is 0 Å². The molecular formula is C20H14N4. The van der Waals surface area contributed by atoms with Crippen molar-refractivity contribution in [3.8, 4) is 0 Å². The molecular weight excluding hydrogens is 296 g/mol. The third-order valence-corrected chi connectivity index (χ3v) is 3.83. The topological polar surface area (TPSA) is 50.5 Å². The molecule has 4 rings (SSSR count). The Bertz CT molecular complexity index is 969. The van der Waals surface area contributed by atoms with Gasteiger partial charge in [-0.25, -0.2) is 0 Å². The minimum absolute atomic E-state index is 0.950. The smallest absolute Gasteiger partial charge is 0.0708 e. The lowest BCUT2D eigenvalue weighted by Gasteiger charge is -2.00. The van der Waals surface area contributed by atoms with Crippen molar-refractivity contribution in [3.05, 3.63) is 84.2 Å². The first-order valence-electron chi connectivity index (χ1n) is 7.66. The predicted molar refractivity (Wildman–Crippen MR) is 98.7 cm³/mol. The van der Waals surface area contributed by atoms with Crippen LogP contribution in [0.4, 0.5) is 0 Å². The second-order valence-electron chi connectivity index (χ2n) is 5.32. The number of hydrogen-bond donors (Lipinski definition) is 0. The number of para-hydroxylation sites is 2. The maximum absolute atomic E-state index is 4.34. The van der Waals surface area contributed by atoms with Crippen molar-refractivity contribution in [2.75, 3.05) is 0 Å². The molecule has 114 valence electrons. The third-order valence-electron chi connectivity index (χ3n) is 3.83. The average Bonchev–Trinajstić information content (AvgIpc) is 2.65. The molecule has 0 fully saturated rings. The van der Waals surface area contributed by atoms with Crippen LogP contribution in [-0.2, 0) is 0 Å². The molecule has 0 aliphatic carbocycles. The first kappa shape index (κ1) is 14.2. The van der Waals surface area contributed by atoms with E-state index < -0.39 is 0 Å². The molecule has 0 saturated carbocycles. The highest BCUT2D eigenvalue weighted by molar-refractivity contribution is 5.99. The fraction of sp³-hybridized carbons (Fsp3) is 0. The van der Waals surface area contributed by atoms with Crippen molar-refractivity contribution in [2.24, 2.45) is 10.2 Å². The van der Waals surface area contributed by atoms with Crippen LogP contribution in [0.1, 0.15) is 11.1 Å². The van der Waals surface area contributed by atoms with Gasteiger partial charge in [0.05, 0.1) is 23.5 Å². The number of fused-ring (bicyclic) bond motifs is 2. The van der Waals surface area contributed by atoms with Crippen LogP contribution in [0.15, 0.2) is 83.3 Å². The van der Waals surface area contributed by atoms with Gasteiger partial charge in [-0.2, -0.15) is 10.2 Å². The Hall–Kier alpha value is -3.40. The molecule has 2 aromatic carbocycles. The lowest BCUT2D eigenvalue weighted by atomic mass is 10.1. The maximum atomic E-state index is 4.34. The van der Waals surface area contributed by atoms with Crippen LogP contribution in [-0.4, -0.2) is 22.4 Å². The summed E-state index contributed by atoms with van der Waals surface area (Å²) in [5.74, 6) is 0. The summed E-state index contributed by atoms with van der Waals surface area (Å²) in [4.78, 5) is 8.69. The van der Waals surface area contributed by atoms with Crippen LogP contribution in [0.2, 0.25) is 0 Å². The van der Waals surface area contributed by atoms with Crippen LogP contribution in [0.3, 0.4) is 0 Å². The number of aromatic nitrogens is 2. The Morgan fingerprint density at radius 1 is 0.583 bits per heavy atom. The summed E-state index contributed by atoms with van der Waals surface area (Å²) in [6, 6.07) is 19.8. The molecule has 24 heavy (non-hydrogen) atoms. The van der Waals surface area contributed by atoms with Gasteiger partial charge in [0.25, 0.3) is 0 Å². The van der Waals surface area contributed by atoms with Crippen molar-refractivity contribution in [1.29, 1.82) is 0 Å². The quantitative estimate of drug-likeness (QED) is 0.420. The summed E-state index contributed by atoms with van der Waals surface area (Å²) in [5.41, 5.74) is 3.89. The molecule has 2 aromatic heterocycles. The first-order valence-corrected chi connectivity index (χ1v) is 7.66. The van der Waals surface area contributed by atoms with Gasteiger partial charge in [0.15, 0.2) is 0 Å². The summed E-state index contributed by atoms with van der Waals surface area (Å²) in [6.07, 6.45) is 7.07. The Morgan fingerprint density at radius 2 is 1.04 bits per heavy atom. The van der Waals surface area contributed by atoms with Gasteiger partial charge in [0.1, 0.15) is 0 Å². The number of nitrogens with zero attached hydrogens (tertiary/aromatic N) is 4. The van der Waals surface area contributed by atoms with Crippen LogP contribution in [0.5, 0.6) is 0 Å². The van der Waals surface area contributed by atoms with E-state index in [0.717, 1.165) is 32.9 Å². The van der Waals surface area contributed by atoms with Gasteiger partial charge in [-0.1, -0.05) is 36.4 Å². The molecule has 0 spiro atoms. The molecule has 2 heterocycles. The molecule has 0 atom stereocenters. The highest BCUT2D eigenvalue weighted by Crippen LogP contribution is 2.15. The van der Waals surface area contributed by atoms with E-state index in [0.29, 0.717) is 0 Å². The minimum Gasteiger partial charge on any atom is -0.256 e. The van der Waals surface area contributed by atoms with Crippen molar-refractivity contribution in [2.45, 2.75) is 0 Å². The van der Waals surface area contributed by atoms with Crippen LogP contribution in [0.25, 0.3) is 21.8 Å². The fourth-order valence-corrected chi connectivity index (χ4v) is 2.65. The van der Waals surface area contributed by atoms with Gasteiger partial charge in [0, 0.05) is 34.3 Å². The Morgan fingerprint density at radius 3 is 1.54 bits per heavy atom. The average molecular weight is 310 g/mol. The van der Waals surface area contributed by atoms with Gasteiger partial charge < -0.3 is 0 Å². The number of rotatable bonds is 3. The molecule has 0 aliphatic heterocycles. The zero-order valence-corrected chi connectivity index (χ0v) is 12.9. The molecule has 4 aromatic rings. The second-order valence-corrected chi connectivity index (χ2v) is 5.32. The summed E-state index contributed by atoms with van der Waals surface area (Å²) in [7, 11) is 0. The molecule has 0 aliphatic rings. The SMILES string of the molecule is C(=N\N=C\c1ccnc2ccccc12)/c1ccnc2ccccc12. The molecule has 0 bridgehead atoms. The van der Waals surface area contributed by atoms with E-state index in [1.807, 2.05) is 60.7 Å². The fourth-order valence-electron chi connectivity index (χ4n) is 2.65. The highest BCUT2D eigenvalue weighted by Gasteiger charge is 1.99. The lowest BCUT2D eigenvalue weighted by Crippen LogP contribution is -1.87.